The first kappa shape index (κ1) is 12.7. The van der Waals surface area contributed by atoms with Gasteiger partial charge in [-0.25, -0.2) is 4.79 Å². The van der Waals surface area contributed by atoms with Gasteiger partial charge in [0.25, 0.3) is 0 Å². The lowest BCUT2D eigenvalue weighted by atomic mass is 10.3. The summed E-state index contributed by atoms with van der Waals surface area (Å²) < 4.78 is 35.7. The standard InChI is InChI=1S/C7H10F3NO3/c1-4(6(13)14)11(5(2)12)3-7(8,9)10/h4H,3H2,1-2H3,(H,13,14)/t4-/m0/s1. The Bertz CT molecular complexity index is 239. The minimum atomic E-state index is -4.59. The fourth-order valence-electron chi connectivity index (χ4n) is 0.847. The largest absolute Gasteiger partial charge is 0.480 e. The molecule has 14 heavy (non-hydrogen) atoms. The third-order valence-electron chi connectivity index (χ3n) is 1.58. The summed E-state index contributed by atoms with van der Waals surface area (Å²) in [6.45, 7) is 0.371. The molecule has 4 nitrogen and oxygen atoms in total. The van der Waals surface area contributed by atoms with Crippen LogP contribution in [0.4, 0.5) is 13.2 Å². The van der Waals surface area contributed by atoms with Gasteiger partial charge in [0.05, 0.1) is 0 Å². The zero-order valence-electron chi connectivity index (χ0n) is 7.63. The highest BCUT2D eigenvalue weighted by Gasteiger charge is 2.35. The normalized spacial score (nSPS) is 13.5. The van der Waals surface area contributed by atoms with Crippen LogP contribution >= 0.6 is 0 Å². The molecule has 1 N–H and O–H groups in total. The van der Waals surface area contributed by atoms with Gasteiger partial charge in [-0.15, -0.1) is 0 Å². The van der Waals surface area contributed by atoms with Crippen LogP contribution < -0.4 is 0 Å². The first-order valence-electron chi connectivity index (χ1n) is 3.72. The lowest BCUT2D eigenvalue weighted by Crippen LogP contribution is -2.46. The SMILES string of the molecule is CC(=O)N(CC(F)(F)F)[C@@H](C)C(=O)O. The average Bonchev–Trinajstić information content (AvgIpc) is 1.96. The molecule has 0 saturated carbocycles. The molecule has 0 aliphatic carbocycles. The number of carboxylic acids is 1. The number of rotatable bonds is 3. The van der Waals surface area contributed by atoms with Crippen LogP contribution in [0.25, 0.3) is 0 Å². The van der Waals surface area contributed by atoms with Crippen molar-refractivity contribution < 1.29 is 27.9 Å². The zero-order valence-corrected chi connectivity index (χ0v) is 7.63. The number of carbonyl (C=O) groups is 2. The van der Waals surface area contributed by atoms with E-state index in [0.717, 1.165) is 13.8 Å². The van der Waals surface area contributed by atoms with E-state index in [1.54, 1.807) is 0 Å². The fraction of sp³-hybridized carbons (Fsp3) is 0.714. The second kappa shape index (κ2) is 4.30. The van der Waals surface area contributed by atoms with Gasteiger partial charge in [0.1, 0.15) is 12.6 Å². The minimum absolute atomic E-state index is 0.252. The summed E-state index contributed by atoms with van der Waals surface area (Å²) in [4.78, 5) is 21.4. The number of halogens is 3. The van der Waals surface area contributed by atoms with Crippen molar-refractivity contribution in [3.8, 4) is 0 Å². The van der Waals surface area contributed by atoms with Gasteiger partial charge in [-0.3, -0.25) is 4.79 Å². The smallest absolute Gasteiger partial charge is 0.406 e. The highest BCUT2D eigenvalue weighted by molar-refractivity contribution is 5.81. The zero-order chi connectivity index (χ0) is 11.5. The molecule has 0 aromatic rings. The molecule has 0 aliphatic heterocycles. The van der Waals surface area contributed by atoms with Gasteiger partial charge >= 0.3 is 12.1 Å². The van der Waals surface area contributed by atoms with Crippen molar-refractivity contribution in [1.29, 1.82) is 0 Å². The Labute approximate surface area is 78.3 Å². The van der Waals surface area contributed by atoms with Crippen molar-refractivity contribution in [3.63, 3.8) is 0 Å². The Kier molecular flexibility index (Phi) is 3.91. The molecule has 7 heteroatoms. The third kappa shape index (κ3) is 4.11. The number of hydrogen-bond donors (Lipinski definition) is 1. The molecule has 0 saturated heterocycles. The maximum absolute atomic E-state index is 11.9. The summed E-state index contributed by atoms with van der Waals surface area (Å²) in [7, 11) is 0. The van der Waals surface area contributed by atoms with Crippen LogP contribution in [-0.2, 0) is 9.59 Å². The molecule has 0 aromatic carbocycles. The second-order valence-electron chi connectivity index (χ2n) is 2.78. The Morgan fingerprint density at radius 1 is 1.43 bits per heavy atom. The summed E-state index contributed by atoms with van der Waals surface area (Å²) in [6.07, 6.45) is -4.59. The average molecular weight is 213 g/mol. The van der Waals surface area contributed by atoms with Gasteiger partial charge in [0.2, 0.25) is 5.91 Å². The van der Waals surface area contributed by atoms with Crippen molar-refractivity contribution in [2.45, 2.75) is 26.1 Å². The van der Waals surface area contributed by atoms with E-state index in [0.29, 0.717) is 0 Å². The summed E-state index contributed by atoms with van der Waals surface area (Å²) in [5.41, 5.74) is 0. The molecule has 0 heterocycles. The van der Waals surface area contributed by atoms with Crippen LogP contribution in [0, 0.1) is 0 Å². The maximum atomic E-state index is 11.9. The van der Waals surface area contributed by atoms with Crippen molar-refractivity contribution >= 4 is 11.9 Å². The van der Waals surface area contributed by atoms with Gasteiger partial charge in [-0.1, -0.05) is 0 Å². The maximum Gasteiger partial charge on any atom is 0.406 e. The van der Waals surface area contributed by atoms with Gasteiger partial charge in [-0.2, -0.15) is 13.2 Å². The lowest BCUT2D eigenvalue weighted by Gasteiger charge is -2.25. The fourth-order valence-corrected chi connectivity index (χ4v) is 0.847. The Morgan fingerprint density at radius 3 is 2.07 bits per heavy atom. The summed E-state index contributed by atoms with van der Waals surface area (Å²) in [5, 5.41) is 8.44. The van der Waals surface area contributed by atoms with Crippen LogP contribution in [0.2, 0.25) is 0 Å². The van der Waals surface area contributed by atoms with Gasteiger partial charge in [-0.05, 0) is 6.92 Å². The van der Waals surface area contributed by atoms with Crippen LogP contribution in [-0.4, -0.2) is 40.6 Å². The molecule has 0 fully saturated rings. The number of amides is 1. The molecule has 1 atom stereocenters. The molecule has 0 unspecified atom stereocenters. The number of carboxylic acid groups (broad SMARTS) is 1. The Balaban J connectivity index is 4.62. The first-order chi connectivity index (χ1) is 6.15. The Morgan fingerprint density at radius 2 is 1.86 bits per heavy atom. The molecule has 0 bridgehead atoms. The van der Waals surface area contributed by atoms with Crippen molar-refractivity contribution in [1.82, 2.24) is 4.90 Å². The molecule has 0 spiro atoms. The second-order valence-corrected chi connectivity index (χ2v) is 2.78. The predicted octanol–water partition coefficient (Wildman–Crippen LogP) is 0.870. The molecule has 0 rings (SSSR count). The van der Waals surface area contributed by atoms with Crippen molar-refractivity contribution in [3.05, 3.63) is 0 Å². The third-order valence-corrected chi connectivity index (χ3v) is 1.58. The van der Waals surface area contributed by atoms with E-state index >= 15 is 0 Å². The quantitative estimate of drug-likeness (QED) is 0.756. The van der Waals surface area contributed by atoms with E-state index in [-0.39, 0.29) is 4.90 Å². The molecule has 0 aliphatic rings. The number of hydrogen-bond acceptors (Lipinski definition) is 2. The van der Waals surface area contributed by atoms with Crippen molar-refractivity contribution in [2.24, 2.45) is 0 Å². The predicted molar refractivity (Wildman–Crippen MR) is 40.5 cm³/mol. The number of nitrogens with zero attached hydrogens (tertiary/aromatic N) is 1. The van der Waals surface area contributed by atoms with E-state index < -0.39 is 30.6 Å². The monoisotopic (exact) mass is 213 g/mol. The molecule has 0 radical (unpaired) electrons. The van der Waals surface area contributed by atoms with Crippen molar-refractivity contribution in [2.75, 3.05) is 6.54 Å². The van der Waals surface area contributed by atoms with Gasteiger partial charge in [0, 0.05) is 6.92 Å². The minimum Gasteiger partial charge on any atom is -0.480 e. The van der Waals surface area contributed by atoms with E-state index in [2.05, 4.69) is 0 Å². The summed E-state index contributed by atoms with van der Waals surface area (Å²) >= 11 is 0. The number of aliphatic carboxylic acids is 1. The highest BCUT2D eigenvalue weighted by atomic mass is 19.4. The summed E-state index contributed by atoms with van der Waals surface area (Å²) in [6, 6.07) is -1.48. The van der Waals surface area contributed by atoms with E-state index in [1.165, 1.54) is 0 Å². The Hall–Kier alpha value is -1.27. The summed E-state index contributed by atoms with van der Waals surface area (Å²) in [5.74, 6) is -2.39. The molecule has 0 aromatic heterocycles. The van der Waals surface area contributed by atoms with Gasteiger partial charge in [0.15, 0.2) is 0 Å². The van der Waals surface area contributed by atoms with E-state index in [4.69, 9.17) is 5.11 Å². The lowest BCUT2D eigenvalue weighted by molar-refractivity contribution is -0.170. The first-order valence-corrected chi connectivity index (χ1v) is 3.72. The number of carbonyl (C=O) groups excluding carboxylic acids is 1. The van der Waals surface area contributed by atoms with E-state index in [1.807, 2.05) is 0 Å². The highest BCUT2D eigenvalue weighted by Crippen LogP contribution is 2.18. The molecule has 82 valence electrons. The van der Waals surface area contributed by atoms with Crippen LogP contribution in [0.1, 0.15) is 13.8 Å². The molecular formula is C7H10F3NO3. The number of alkyl halides is 3. The molecular weight excluding hydrogens is 203 g/mol. The molecule has 1 amide bonds. The van der Waals surface area contributed by atoms with E-state index in [9.17, 15) is 22.8 Å². The topological polar surface area (TPSA) is 57.6 Å². The van der Waals surface area contributed by atoms with Crippen LogP contribution in [0.15, 0.2) is 0 Å². The van der Waals surface area contributed by atoms with Gasteiger partial charge < -0.3 is 10.0 Å². The van der Waals surface area contributed by atoms with Crippen LogP contribution in [0.5, 0.6) is 0 Å². The van der Waals surface area contributed by atoms with Crippen LogP contribution in [0.3, 0.4) is 0 Å².